The lowest BCUT2D eigenvalue weighted by Crippen LogP contribution is -1.88. The van der Waals surface area contributed by atoms with Crippen LogP contribution < -0.4 is 4.74 Å². The lowest BCUT2D eigenvalue weighted by Gasteiger charge is -2.03. The number of ether oxygens (including phenoxy) is 1. The van der Waals surface area contributed by atoms with Gasteiger partial charge in [0.15, 0.2) is 0 Å². The first kappa shape index (κ1) is 12.0. The summed E-state index contributed by atoms with van der Waals surface area (Å²) in [6, 6.07) is 8.08. The zero-order valence-corrected chi connectivity index (χ0v) is 9.13. The van der Waals surface area contributed by atoms with Gasteiger partial charge in [-0.3, -0.25) is 0 Å². The summed E-state index contributed by atoms with van der Waals surface area (Å²) in [5.41, 5.74) is 1.27. The minimum absolute atomic E-state index is 0.991. The van der Waals surface area contributed by atoms with Gasteiger partial charge in [0, 0.05) is 0 Å². The fraction of sp³-hybridized carbons (Fsp3) is 0.500. The number of benzene rings is 1. The van der Waals surface area contributed by atoms with Crippen LogP contribution in [0, 0.1) is 0 Å². The lowest BCUT2D eigenvalue weighted by molar-refractivity contribution is 0.410. The second kappa shape index (κ2) is 7.66. The third-order valence-corrected chi connectivity index (χ3v) is 1.57. The molecule has 0 heterocycles. The normalized spacial score (nSPS) is 8.62. The van der Waals surface area contributed by atoms with E-state index >= 15 is 0 Å². The molecule has 0 spiro atoms. The Bertz CT molecular complexity index is 195. The van der Waals surface area contributed by atoms with Gasteiger partial charge in [-0.25, -0.2) is 0 Å². The molecule has 0 radical (unpaired) electrons. The van der Waals surface area contributed by atoms with Gasteiger partial charge in [-0.2, -0.15) is 0 Å². The van der Waals surface area contributed by atoms with E-state index in [0.29, 0.717) is 0 Å². The number of para-hydroxylation sites is 1. The number of hydrogen-bond acceptors (Lipinski definition) is 1. The second-order valence-electron chi connectivity index (χ2n) is 2.87. The van der Waals surface area contributed by atoms with Gasteiger partial charge in [0.2, 0.25) is 0 Å². The molecule has 0 bridgehead atoms. The first-order valence-corrected chi connectivity index (χ1v) is 4.91. The van der Waals surface area contributed by atoms with E-state index in [-0.39, 0.29) is 0 Å². The van der Waals surface area contributed by atoms with Crippen LogP contribution in [0.5, 0.6) is 5.75 Å². The Morgan fingerprint density at radius 1 is 1.08 bits per heavy atom. The van der Waals surface area contributed by atoms with Crippen LogP contribution in [0.15, 0.2) is 24.3 Å². The smallest absolute Gasteiger partial charge is 0.122 e. The van der Waals surface area contributed by atoms with E-state index in [1.165, 1.54) is 12.0 Å². The van der Waals surface area contributed by atoms with E-state index < -0.39 is 0 Å². The summed E-state index contributed by atoms with van der Waals surface area (Å²) < 4.78 is 5.14. The average molecular weight is 180 g/mol. The quantitative estimate of drug-likeness (QED) is 0.674. The standard InChI is InChI=1S/C9H12O.C3H8/c1-3-8-6-4-5-7-9(8)10-2;1-3-2/h4-7H,3H2,1-2H3;3H2,1-2H3. The molecule has 0 unspecified atom stereocenters. The molecule has 0 saturated carbocycles. The van der Waals surface area contributed by atoms with Gasteiger partial charge in [-0.05, 0) is 18.1 Å². The zero-order valence-electron chi connectivity index (χ0n) is 9.13. The molecule has 0 aromatic heterocycles. The predicted octanol–water partition coefficient (Wildman–Crippen LogP) is 3.67. The second-order valence-corrected chi connectivity index (χ2v) is 2.87. The molecule has 1 aromatic carbocycles. The molecule has 0 fully saturated rings. The van der Waals surface area contributed by atoms with Crippen LogP contribution in [0.4, 0.5) is 0 Å². The molecule has 1 aromatic rings. The van der Waals surface area contributed by atoms with Crippen molar-refractivity contribution < 1.29 is 4.74 Å². The van der Waals surface area contributed by atoms with Crippen molar-refractivity contribution in [3.63, 3.8) is 0 Å². The Kier molecular flexibility index (Phi) is 7.08. The van der Waals surface area contributed by atoms with Crippen molar-refractivity contribution in [1.82, 2.24) is 0 Å². The van der Waals surface area contributed by atoms with Crippen LogP contribution in [-0.2, 0) is 6.42 Å². The highest BCUT2D eigenvalue weighted by molar-refractivity contribution is 5.32. The highest BCUT2D eigenvalue weighted by Gasteiger charge is 1.95. The molecule has 1 rings (SSSR count). The summed E-state index contributed by atoms with van der Waals surface area (Å²) in [4.78, 5) is 0. The van der Waals surface area contributed by atoms with Gasteiger partial charge in [0.25, 0.3) is 0 Å². The topological polar surface area (TPSA) is 9.23 Å². The van der Waals surface area contributed by atoms with Crippen molar-refractivity contribution in [2.24, 2.45) is 0 Å². The van der Waals surface area contributed by atoms with Crippen LogP contribution in [0.3, 0.4) is 0 Å². The van der Waals surface area contributed by atoms with Gasteiger partial charge >= 0.3 is 0 Å². The van der Waals surface area contributed by atoms with E-state index in [0.717, 1.165) is 12.2 Å². The predicted molar refractivity (Wildman–Crippen MR) is 58.3 cm³/mol. The maximum Gasteiger partial charge on any atom is 0.122 e. The monoisotopic (exact) mass is 180 g/mol. The Balaban J connectivity index is 0.000000424. The minimum atomic E-state index is 0.991. The van der Waals surface area contributed by atoms with Crippen LogP contribution in [0.2, 0.25) is 0 Å². The fourth-order valence-electron chi connectivity index (χ4n) is 0.995. The highest BCUT2D eigenvalue weighted by atomic mass is 16.5. The molecule has 1 nitrogen and oxygen atoms in total. The van der Waals surface area contributed by atoms with Crippen molar-refractivity contribution in [3.8, 4) is 5.75 Å². The Hall–Kier alpha value is -0.980. The van der Waals surface area contributed by atoms with Crippen LogP contribution in [-0.4, -0.2) is 7.11 Å². The lowest BCUT2D eigenvalue weighted by atomic mass is 10.1. The van der Waals surface area contributed by atoms with Gasteiger partial charge in [0.05, 0.1) is 7.11 Å². The Morgan fingerprint density at radius 2 is 1.62 bits per heavy atom. The van der Waals surface area contributed by atoms with E-state index in [9.17, 15) is 0 Å². The third-order valence-electron chi connectivity index (χ3n) is 1.57. The summed E-state index contributed by atoms with van der Waals surface area (Å²) in [7, 11) is 1.70. The first-order valence-electron chi connectivity index (χ1n) is 4.91. The molecule has 0 aliphatic rings. The average Bonchev–Trinajstić information content (AvgIpc) is 2.19. The van der Waals surface area contributed by atoms with Crippen molar-refractivity contribution in [2.75, 3.05) is 7.11 Å². The van der Waals surface area contributed by atoms with Gasteiger partial charge < -0.3 is 4.74 Å². The van der Waals surface area contributed by atoms with Crippen molar-refractivity contribution in [2.45, 2.75) is 33.6 Å². The molecule has 0 aliphatic carbocycles. The fourth-order valence-corrected chi connectivity index (χ4v) is 0.995. The maximum atomic E-state index is 5.14. The molecule has 0 saturated heterocycles. The molecule has 13 heavy (non-hydrogen) atoms. The molecule has 0 amide bonds. The number of rotatable bonds is 2. The molecule has 0 atom stereocenters. The largest absolute Gasteiger partial charge is 0.496 e. The molecular formula is C12H20O. The molecule has 0 aliphatic heterocycles. The van der Waals surface area contributed by atoms with Crippen LogP contribution in [0.1, 0.15) is 32.8 Å². The van der Waals surface area contributed by atoms with Crippen molar-refractivity contribution >= 4 is 0 Å². The summed E-state index contributed by atoms with van der Waals surface area (Å²) in [6.07, 6.45) is 2.28. The molecule has 1 heteroatoms. The highest BCUT2D eigenvalue weighted by Crippen LogP contribution is 2.16. The SMILES string of the molecule is CCC.CCc1ccccc1OC. The number of hydrogen-bond donors (Lipinski definition) is 0. The van der Waals surface area contributed by atoms with Crippen molar-refractivity contribution in [1.29, 1.82) is 0 Å². The molecule has 0 N–H and O–H groups in total. The van der Waals surface area contributed by atoms with Crippen molar-refractivity contribution in [3.05, 3.63) is 29.8 Å². The summed E-state index contributed by atoms with van der Waals surface area (Å²) >= 11 is 0. The minimum Gasteiger partial charge on any atom is -0.496 e. The van der Waals surface area contributed by atoms with Gasteiger partial charge in [-0.1, -0.05) is 45.4 Å². The maximum absolute atomic E-state index is 5.14. The van der Waals surface area contributed by atoms with Gasteiger partial charge in [0.1, 0.15) is 5.75 Å². The molecule has 74 valence electrons. The Morgan fingerprint density at radius 3 is 2.00 bits per heavy atom. The number of aryl methyl sites for hydroxylation is 1. The third kappa shape index (κ3) is 4.56. The van der Waals surface area contributed by atoms with E-state index in [1.54, 1.807) is 7.11 Å². The van der Waals surface area contributed by atoms with Gasteiger partial charge in [-0.15, -0.1) is 0 Å². The summed E-state index contributed by atoms with van der Waals surface area (Å²) in [5, 5.41) is 0. The van der Waals surface area contributed by atoms with Crippen LogP contribution >= 0.6 is 0 Å². The zero-order chi connectivity index (χ0) is 10.1. The Labute approximate surface area is 81.7 Å². The van der Waals surface area contributed by atoms with Crippen LogP contribution in [0.25, 0.3) is 0 Å². The number of methoxy groups -OCH3 is 1. The molecular weight excluding hydrogens is 160 g/mol. The van der Waals surface area contributed by atoms with E-state index in [4.69, 9.17) is 4.74 Å². The summed E-state index contributed by atoms with van der Waals surface area (Å²) in [6.45, 7) is 6.37. The summed E-state index contributed by atoms with van der Waals surface area (Å²) in [5.74, 6) is 0.991. The first-order chi connectivity index (χ1) is 6.29. The van der Waals surface area contributed by atoms with E-state index in [1.807, 2.05) is 18.2 Å². The van der Waals surface area contributed by atoms with E-state index in [2.05, 4.69) is 26.8 Å².